The minimum absolute atomic E-state index is 0.0772. The average Bonchev–Trinajstić information content (AvgIpc) is 3.18. The van der Waals surface area contributed by atoms with Crippen molar-refractivity contribution >= 4 is 11.6 Å². The van der Waals surface area contributed by atoms with Crippen LogP contribution in [0.15, 0.2) is 43.1 Å². The highest BCUT2D eigenvalue weighted by Gasteiger charge is 2.39. The van der Waals surface area contributed by atoms with Crippen molar-refractivity contribution in [3.63, 3.8) is 0 Å². The maximum atomic E-state index is 13.2. The van der Waals surface area contributed by atoms with Crippen LogP contribution in [-0.2, 0) is 12.7 Å². The minimum Gasteiger partial charge on any atom is -0.351 e. The maximum Gasteiger partial charge on any atom is 0.435 e. The molecule has 3 heterocycles. The lowest BCUT2D eigenvalue weighted by molar-refractivity contribution is -0.141. The number of rotatable bonds is 5. The van der Waals surface area contributed by atoms with Gasteiger partial charge in [0.25, 0.3) is 5.91 Å². The number of aromatic nitrogens is 4. The molecule has 0 fully saturated rings. The minimum atomic E-state index is -4.70. The molecule has 9 heteroatoms. The molecule has 0 aliphatic heterocycles. The summed E-state index contributed by atoms with van der Waals surface area (Å²) in [6.07, 6.45) is 2.29. The zero-order chi connectivity index (χ0) is 17.2. The van der Waals surface area contributed by atoms with Gasteiger partial charge in [0.15, 0.2) is 5.69 Å². The molecule has 0 aliphatic carbocycles. The summed E-state index contributed by atoms with van der Waals surface area (Å²) in [5.41, 5.74) is -1.60. The lowest BCUT2D eigenvalue weighted by atomic mass is 10.3. The van der Waals surface area contributed by atoms with Gasteiger partial charge in [-0.05, 0) is 18.6 Å². The molecular weight excluding hydrogens is 323 g/mol. The second-order valence-electron chi connectivity index (χ2n) is 5.15. The van der Waals surface area contributed by atoms with Crippen molar-refractivity contribution in [1.82, 2.24) is 24.3 Å². The van der Waals surface area contributed by atoms with E-state index in [2.05, 4.69) is 15.3 Å². The maximum absolute atomic E-state index is 13.2. The van der Waals surface area contributed by atoms with E-state index in [-0.39, 0.29) is 12.2 Å². The van der Waals surface area contributed by atoms with Crippen LogP contribution in [0.4, 0.5) is 13.2 Å². The molecule has 0 aromatic carbocycles. The van der Waals surface area contributed by atoms with Gasteiger partial charge in [-0.3, -0.25) is 9.20 Å². The number of fused-ring (bicyclic) bond motifs is 1. The highest BCUT2D eigenvalue weighted by atomic mass is 19.4. The van der Waals surface area contributed by atoms with Crippen molar-refractivity contribution < 1.29 is 18.0 Å². The van der Waals surface area contributed by atoms with E-state index in [1.165, 1.54) is 12.3 Å². The molecule has 1 N–H and O–H groups in total. The van der Waals surface area contributed by atoms with Crippen LogP contribution >= 0.6 is 0 Å². The van der Waals surface area contributed by atoms with Gasteiger partial charge in [0.2, 0.25) is 0 Å². The van der Waals surface area contributed by atoms with Crippen molar-refractivity contribution in [3.05, 3.63) is 54.5 Å². The number of hydrogen-bond donors (Lipinski definition) is 1. The molecule has 0 bridgehead atoms. The summed E-state index contributed by atoms with van der Waals surface area (Å²) >= 11 is 0. The summed E-state index contributed by atoms with van der Waals surface area (Å²) < 4.78 is 42.4. The number of amides is 1. The normalized spacial score (nSPS) is 11.8. The van der Waals surface area contributed by atoms with Gasteiger partial charge in [-0.1, -0.05) is 6.07 Å². The molecule has 3 rings (SSSR count). The van der Waals surface area contributed by atoms with E-state index >= 15 is 0 Å². The number of imidazole rings is 2. The fourth-order valence-electron chi connectivity index (χ4n) is 2.38. The summed E-state index contributed by atoms with van der Waals surface area (Å²) in [6, 6.07) is 4.53. The predicted molar refractivity (Wildman–Crippen MR) is 79.4 cm³/mol. The van der Waals surface area contributed by atoms with Gasteiger partial charge in [-0.15, -0.1) is 0 Å². The van der Waals surface area contributed by atoms with Crippen LogP contribution in [-0.4, -0.2) is 31.4 Å². The average molecular weight is 337 g/mol. The number of hydrogen-bond acceptors (Lipinski definition) is 3. The largest absolute Gasteiger partial charge is 0.435 e. The van der Waals surface area contributed by atoms with Crippen molar-refractivity contribution in [2.45, 2.75) is 19.1 Å². The smallest absolute Gasteiger partial charge is 0.351 e. The molecule has 0 aliphatic rings. The molecule has 0 atom stereocenters. The number of aryl methyl sites for hydroxylation is 1. The molecule has 0 saturated carbocycles. The van der Waals surface area contributed by atoms with E-state index in [9.17, 15) is 18.0 Å². The first-order valence-corrected chi connectivity index (χ1v) is 7.25. The van der Waals surface area contributed by atoms with Crippen molar-refractivity contribution in [2.24, 2.45) is 0 Å². The SMILES string of the molecule is O=C(NCCCn1ccnc1)c1c(C(F)(F)F)nc2ccccn12. The molecular formula is C15H14F3N5O. The van der Waals surface area contributed by atoms with Crippen LogP contribution in [0.5, 0.6) is 0 Å². The fraction of sp³-hybridized carbons (Fsp3) is 0.267. The molecule has 3 aromatic rings. The van der Waals surface area contributed by atoms with Crippen LogP contribution < -0.4 is 5.32 Å². The third-order valence-corrected chi connectivity index (χ3v) is 3.45. The van der Waals surface area contributed by atoms with Gasteiger partial charge < -0.3 is 9.88 Å². The Morgan fingerprint density at radius 2 is 2.08 bits per heavy atom. The number of nitrogens with one attached hydrogen (secondary N) is 1. The van der Waals surface area contributed by atoms with Crippen LogP contribution in [0.1, 0.15) is 22.6 Å². The predicted octanol–water partition coefficient (Wildman–Crippen LogP) is 2.37. The number of alkyl halides is 3. The van der Waals surface area contributed by atoms with Crippen molar-refractivity contribution in [3.8, 4) is 0 Å². The Kier molecular flexibility index (Phi) is 4.24. The molecule has 0 saturated heterocycles. The van der Waals surface area contributed by atoms with Crippen LogP contribution in [0, 0.1) is 0 Å². The first kappa shape index (κ1) is 16.0. The van der Waals surface area contributed by atoms with Gasteiger partial charge in [0, 0.05) is 31.7 Å². The molecule has 6 nitrogen and oxygen atoms in total. The van der Waals surface area contributed by atoms with Gasteiger partial charge in [0.1, 0.15) is 11.3 Å². The molecule has 0 unspecified atom stereocenters. The van der Waals surface area contributed by atoms with E-state index in [0.29, 0.717) is 13.0 Å². The van der Waals surface area contributed by atoms with E-state index < -0.39 is 23.5 Å². The number of halogens is 3. The second-order valence-corrected chi connectivity index (χ2v) is 5.15. The Bertz CT molecular complexity index is 839. The molecule has 3 aromatic heterocycles. The molecule has 0 spiro atoms. The Balaban J connectivity index is 1.76. The zero-order valence-electron chi connectivity index (χ0n) is 12.5. The van der Waals surface area contributed by atoms with Crippen LogP contribution in [0.2, 0.25) is 0 Å². The van der Waals surface area contributed by atoms with E-state index in [1.54, 1.807) is 30.9 Å². The summed E-state index contributed by atoms with van der Waals surface area (Å²) in [6.45, 7) is 0.855. The van der Waals surface area contributed by atoms with Crippen LogP contribution in [0.25, 0.3) is 5.65 Å². The Morgan fingerprint density at radius 3 is 2.79 bits per heavy atom. The summed E-state index contributed by atoms with van der Waals surface area (Å²) in [5, 5.41) is 2.52. The van der Waals surface area contributed by atoms with E-state index in [4.69, 9.17) is 0 Å². The topological polar surface area (TPSA) is 64.2 Å². The quantitative estimate of drug-likeness (QED) is 0.727. The number of carbonyl (C=O) groups is 1. The molecule has 126 valence electrons. The molecule has 0 radical (unpaired) electrons. The van der Waals surface area contributed by atoms with Crippen molar-refractivity contribution in [1.29, 1.82) is 0 Å². The third-order valence-electron chi connectivity index (χ3n) is 3.45. The molecule has 1 amide bonds. The zero-order valence-corrected chi connectivity index (χ0v) is 12.5. The highest BCUT2D eigenvalue weighted by Crippen LogP contribution is 2.31. The second kappa shape index (κ2) is 6.34. The first-order chi connectivity index (χ1) is 11.5. The Labute approximate surface area is 134 Å². The van der Waals surface area contributed by atoms with Crippen molar-refractivity contribution in [2.75, 3.05) is 6.54 Å². The Hall–Kier alpha value is -2.84. The summed E-state index contributed by atoms with van der Waals surface area (Å²) in [4.78, 5) is 19.7. The van der Waals surface area contributed by atoms with Gasteiger partial charge in [0.05, 0.1) is 6.33 Å². The fourth-order valence-corrected chi connectivity index (χ4v) is 2.38. The van der Waals surface area contributed by atoms with Gasteiger partial charge in [-0.2, -0.15) is 13.2 Å². The van der Waals surface area contributed by atoms with E-state index in [0.717, 1.165) is 4.40 Å². The third kappa shape index (κ3) is 3.24. The monoisotopic (exact) mass is 337 g/mol. The number of pyridine rings is 1. The standard InChI is InChI=1S/C15H14F3N5O/c16-15(17,18)13-12(23-8-2-1-4-11(23)21-13)14(24)20-5-3-7-22-9-6-19-10-22/h1-2,4,6,8-10H,3,5,7H2,(H,20,24). The van der Waals surface area contributed by atoms with Gasteiger partial charge in [-0.25, -0.2) is 9.97 Å². The highest BCUT2D eigenvalue weighted by molar-refractivity contribution is 5.94. The van der Waals surface area contributed by atoms with Crippen LogP contribution in [0.3, 0.4) is 0 Å². The Morgan fingerprint density at radius 1 is 1.25 bits per heavy atom. The number of nitrogens with zero attached hydrogens (tertiary/aromatic N) is 4. The first-order valence-electron chi connectivity index (χ1n) is 7.25. The molecule has 24 heavy (non-hydrogen) atoms. The lowest BCUT2D eigenvalue weighted by Crippen LogP contribution is -2.28. The lowest BCUT2D eigenvalue weighted by Gasteiger charge is -2.09. The summed E-state index contributed by atoms with van der Waals surface area (Å²) in [7, 11) is 0. The van der Waals surface area contributed by atoms with Gasteiger partial charge >= 0.3 is 6.18 Å². The summed E-state index contributed by atoms with van der Waals surface area (Å²) in [5.74, 6) is -0.799. The van der Waals surface area contributed by atoms with E-state index in [1.807, 2.05) is 4.57 Å². The number of carbonyl (C=O) groups excluding carboxylic acids is 1.